The van der Waals surface area contributed by atoms with Crippen molar-refractivity contribution in [2.75, 3.05) is 12.8 Å². The molecule has 0 amide bonds. The van der Waals surface area contributed by atoms with Gasteiger partial charge < -0.3 is 15.2 Å². The number of nitrogen functional groups attached to an aromatic ring is 1. The van der Waals surface area contributed by atoms with Crippen LogP contribution in [0.5, 0.6) is 11.5 Å². The van der Waals surface area contributed by atoms with Gasteiger partial charge in [-0.2, -0.15) is 5.26 Å². The minimum atomic E-state index is 0.413. The number of hydrogen-bond acceptors (Lipinski definition) is 4. The highest BCUT2D eigenvalue weighted by atomic mass is 127. The van der Waals surface area contributed by atoms with E-state index in [1.807, 2.05) is 24.3 Å². The molecule has 0 fully saturated rings. The third-order valence-corrected chi connectivity index (χ3v) is 3.54. The molecule has 0 heterocycles. The smallest absolute Gasteiger partial charge is 0.156 e. The third-order valence-electron chi connectivity index (χ3n) is 2.74. The van der Waals surface area contributed by atoms with Crippen molar-refractivity contribution in [1.82, 2.24) is 0 Å². The number of halogens is 1. The highest BCUT2D eigenvalue weighted by molar-refractivity contribution is 14.1. The zero-order chi connectivity index (χ0) is 14.5. The van der Waals surface area contributed by atoms with E-state index in [-0.39, 0.29) is 0 Å². The molecule has 5 heteroatoms. The van der Waals surface area contributed by atoms with Crippen molar-refractivity contribution >= 4 is 28.3 Å². The fourth-order valence-corrected chi connectivity index (χ4v) is 2.51. The van der Waals surface area contributed by atoms with E-state index in [2.05, 4.69) is 28.7 Å². The first kappa shape index (κ1) is 14.5. The Balaban J connectivity index is 2.12. The van der Waals surface area contributed by atoms with Gasteiger partial charge >= 0.3 is 0 Å². The normalized spacial score (nSPS) is 9.85. The van der Waals surface area contributed by atoms with Gasteiger partial charge in [0.1, 0.15) is 12.4 Å². The van der Waals surface area contributed by atoms with Gasteiger partial charge in [0.25, 0.3) is 0 Å². The predicted octanol–water partition coefficient (Wildman–Crippen LogP) is 3.33. The lowest BCUT2D eigenvalue weighted by atomic mass is 10.2. The standard InChI is InChI=1S/C15H13IN2O2/c1-19-12-4-2-10(3-5-12)9-20-15-13(16)6-11(8-17)7-14(15)18/h2-7H,9,18H2,1H3. The SMILES string of the molecule is COc1ccc(COc2c(N)cc(C#N)cc2I)cc1. The molecule has 0 aliphatic carbocycles. The molecule has 102 valence electrons. The van der Waals surface area contributed by atoms with E-state index in [9.17, 15) is 0 Å². The number of rotatable bonds is 4. The molecule has 0 saturated carbocycles. The van der Waals surface area contributed by atoms with Gasteiger partial charge in [0, 0.05) is 0 Å². The maximum absolute atomic E-state index is 8.87. The molecule has 2 rings (SSSR count). The Morgan fingerprint density at radius 2 is 1.95 bits per heavy atom. The maximum atomic E-state index is 8.87. The second-order valence-corrected chi connectivity index (χ2v) is 5.29. The molecule has 4 nitrogen and oxygen atoms in total. The van der Waals surface area contributed by atoms with Crippen LogP contribution in [-0.4, -0.2) is 7.11 Å². The molecular weight excluding hydrogens is 367 g/mol. The molecule has 0 bridgehead atoms. The Morgan fingerprint density at radius 3 is 2.50 bits per heavy atom. The Hall–Kier alpha value is -1.94. The first-order valence-electron chi connectivity index (χ1n) is 5.89. The van der Waals surface area contributed by atoms with Gasteiger partial charge in [-0.05, 0) is 52.4 Å². The molecule has 2 aromatic carbocycles. The molecular formula is C15H13IN2O2. The molecule has 0 saturated heterocycles. The fraction of sp³-hybridized carbons (Fsp3) is 0.133. The molecule has 0 aliphatic heterocycles. The van der Waals surface area contributed by atoms with Crippen molar-refractivity contribution < 1.29 is 9.47 Å². The minimum Gasteiger partial charge on any atom is -0.497 e. The number of ether oxygens (including phenoxy) is 2. The second-order valence-electron chi connectivity index (χ2n) is 4.12. The summed E-state index contributed by atoms with van der Waals surface area (Å²) in [6, 6.07) is 13.1. The van der Waals surface area contributed by atoms with E-state index in [0.717, 1.165) is 14.9 Å². The van der Waals surface area contributed by atoms with Crippen molar-refractivity contribution in [3.05, 3.63) is 51.1 Å². The maximum Gasteiger partial charge on any atom is 0.156 e. The summed E-state index contributed by atoms with van der Waals surface area (Å²) in [6.45, 7) is 0.413. The molecule has 20 heavy (non-hydrogen) atoms. The minimum absolute atomic E-state index is 0.413. The van der Waals surface area contributed by atoms with Gasteiger partial charge in [0.2, 0.25) is 0 Å². The fourth-order valence-electron chi connectivity index (χ4n) is 1.71. The lowest BCUT2D eigenvalue weighted by molar-refractivity contribution is 0.305. The van der Waals surface area contributed by atoms with Gasteiger partial charge in [-0.25, -0.2) is 0 Å². The van der Waals surface area contributed by atoms with E-state index in [1.54, 1.807) is 19.2 Å². The van der Waals surface area contributed by atoms with E-state index < -0.39 is 0 Å². The molecule has 0 atom stereocenters. The number of methoxy groups -OCH3 is 1. The van der Waals surface area contributed by atoms with Crippen molar-refractivity contribution in [2.24, 2.45) is 0 Å². The zero-order valence-electron chi connectivity index (χ0n) is 10.9. The first-order valence-corrected chi connectivity index (χ1v) is 6.96. The Labute approximate surface area is 131 Å². The van der Waals surface area contributed by atoms with E-state index >= 15 is 0 Å². The molecule has 0 unspecified atom stereocenters. The summed E-state index contributed by atoms with van der Waals surface area (Å²) in [5, 5.41) is 8.87. The molecule has 0 spiro atoms. The monoisotopic (exact) mass is 380 g/mol. The second kappa shape index (κ2) is 6.48. The van der Waals surface area contributed by atoms with Gasteiger partial charge in [0.15, 0.2) is 5.75 Å². The first-order chi connectivity index (χ1) is 9.63. The average Bonchev–Trinajstić information content (AvgIpc) is 2.46. The third kappa shape index (κ3) is 3.33. The van der Waals surface area contributed by atoms with Crippen LogP contribution in [0.4, 0.5) is 5.69 Å². The van der Waals surface area contributed by atoms with Crippen LogP contribution in [0.25, 0.3) is 0 Å². The van der Waals surface area contributed by atoms with E-state index in [1.165, 1.54) is 0 Å². The Kier molecular flexibility index (Phi) is 4.69. The number of nitriles is 1. The Morgan fingerprint density at radius 1 is 1.25 bits per heavy atom. The van der Waals surface area contributed by atoms with Gasteiger partial charge in [0.05, 0.1) is 28.0 Å². The lowest BCUT2D eigenvalue weighted by Crippen LogP contribution is -2.01. The number of benzene rings is 2. The quantitative estimate of drug-likeness (QED) is 0.653. The van der Waals surface area contributed by atoms with Gasteiger partial charge in [-0.3, -0.25) is 0 Å². The van der Waals surface area contributed by atoms with Gasteiger partial charge in [-0.1, -0.05) is 12.1 Å². The number of anilines is 1. The molecule has 0 aromatic heterocycles. The number of hydrogen-bond donors (Lipinski definition) is 1. The van der Waals surface area contributed by atoms with Crippen molar-refractivity contribution in [3.8, 4) is 17.6 Å². The summed E-state index contributed by atoms with van der Waals surface area (Å²) >= 11 is 2.11. The average molecular weight is 380 g/mol. The van der Waals surface area contributed by atoms with Crippen LogP contribution in [0.3, 0.4) is 0 Å². The number of nitrogens with zero attached hydrogens (tertiary/aromatic N) is 1. The number of nitrogens with two attached hydrogens (primary N) is 1. The van der Waals surface area contributed by atoms with Crippen molar-refractivity contribution in [2.45, 2.75) is 6.61 Å². The molecule has 2 aromatic rings. The zero-order valence-corrected chi connectivity index (χ0v) is 13.0. The Bertz CT molecular complexity index is 625. The summed E-state index contributed by atoms with van der Waals surface area (Å²) in [6.07, 6.45) is 0. The topological polar surface area (TPSA) is 68.3 Å². The van der Waals surface area contributed by atoms with Crippen molar-refractivity contribution in [3.63, 3.8) is 0 Å². The highest BCUT2D eigenvalue weighted by Crippen LogP contribution is 2.30. The lowest BCUT2D eigenvalue weighted by Gasteiger charge is -2.11. The molecule has 0 radical (unpaired) electrons. The van der Waals surface area contributed by atoms with Crippen LogP contribution in [0.1, 0.15) is 11.1 Å². The summed E-state index contributed by atoms with van der Waals surface area (Å²) in [5.74, 6) is 1.42. The van der Waals surface area contributed by atoms with Crippen molar-refractivity contribution in [1.29, 1.82) is 5.26 Å². The highest BCUT2D eigenvalue weighted by Gasteiger charge is 2.08. The molecule has 0 aliphatic rings. The summed E-state index contributed by atoms with van der Waals surface area (Å²) < 4.78 is 11.7. The van der Waals surface area contributed by atoms with Crippen LogP contribution in [-0.2, 0) is 6.61 Å². The van der Waals surface area contributed by atoms with Gasteiger partial charge in [-0.15, -0.1) is 0 Å². The van der Waals surface area contributed by atoms with E-state index in [4.69, 9.17) is 20.5 Å². The summed E-state index contributed by atoms with van der Waals surface area (Å²) in [4.78, 5) is 0. The van der Waals surface area contributed by atoms with Crippen LogP contribution < -0.4 is 15.2 Å². The van der Waals surface area contributed by atoms with Crippen LogP contribution >= 0.6 is 22.6 Å². The van der Waals surface area contributed by atoms with E-state index in [0.29, 0.717) is 23.6 Å². The predicted molar refractivity (Wildman–Crippen MR) is 85.6 cm³/mol. The summed E-state index contributed by atoms with van der Waals surface area (Å²) in [7, 11) is 1.63. The van der Waals surface area contributed by atoms with Crippen LogP contribution in [0, 0.1) is 14.9 Å². The van der Waals surface area contributed by atoms with Crippen LogP contribution in [0.2, 0.25) is 0 Å². The largest absolute Gasteiger partial charge is 0.497 e. The van der Waals surface area contributed by atoms with Crippen LogP contribution in [0.15, 0.2) is 36.4 Å². The molecule has 2 N–H and O–H groups in total. The summed E-state index contributed by atoms with van der Waals surface area (Å²) in [5.41, 5.74) is 7.93.